The number of fused-ring (bicyclic) bond motifs is 1. The van der Waals surface area contributed by atoms with Gasteiger partial charge in [-0.25, -0.2) is 0 Å². The standard InChI is InChI=1S/C22H28N4O2.HI/c23-22(25-20-10-12-28-21-9-5-4-8-19(20)21)24-14-18-16-26(11-13-27-18)15-17-6-2-1-3-7-17;/h1-9,18,20H,10-16H2,(H3,23,24,25);1H. The van der Waals surface area contributed by atoms with E-state index in [0.29, 0.717) is 19.1 Å². The second-order valence-corrected chi connectivity index (χ2v) is 7.31. The first-order valence-corrected chi connectivity index (χ1v) is 9.94. The first-order valence-electron chi connectivity index (χ1n) is 9.94. The Kier molecular flexibility index (Phi) is 8.14. The third-order valence-corrected chi connectivity index (χ3v) is 5.22. The van der Waals surface area contributed by atoms with Crippen LogP contribution in [0.2, 0.25) is 0 Å². The highest BCUT2D eigenvalue weighted by atomic mass is 127. The Hall–Kier alpha value is -1.84. The maximum atomic E-state index is 6.17. The molecular formula is C22H29IN4O2. The number of guanidine groups is 1. The van der Waals surface area contributed by atoms with Crippen molar-refractivity contribution in [2.45, 2.75) is 25.1 Å². The molecule has 2 aromatic rings. The number of halogens is 1. The second-order valence-electron chi connectivity index (χ2n) is 7.31. The monoisotopic (exact) mass is 508 g/mol. The molecule has 1 fully saturated rings. The van der Waals surface area contributed by atoms with Gasteiger partial charge in [0.25, 0.3) is 0 Å². The molecule has 4 rings (SSSR count). The highest BCUT2D eigenvalue weighted by Gasteiger charge is 2.22. The van der Waals surface area contributed by atoms with Crippen LogP contribution in [-0.2, 0) is 11.3 Å². The molecule has 2 aliphatic heterocycles. The van der Waals surface area contributed by atoms with E-state index in [9.17, 15) is 0 Å². The van der Waals surface area contributed by atoms with Gasteiger partial charge in [-0.1, -0.05) is 48.5 Å². The van der Waals surface area contributed by atoms with Gasteiger partial charge in [0.1, 0.15) is 5.75 Å². The van der Waals surface area contributed by atoms with Crippen LogP contribution in [0.4, 0.5) is 0 Å². The highest BCUT2D eigenvalue weighted by Crippen LogP contribution is 2.31. The van der Waals surface area contributed by atoms with Crippen LogP contribution in [0.1, 0.15) is 23.6 Å². The predicted molar refractivity (Wildman–Crippen MR) is 126 cm³/mol. The summed E-state index contributed by atoms with van der Waals surface area (Å²) >= 11 is 0. The largest absolute Gasteiger partial charge is 0.493 e. The Balaban J connectivity index is 0.00000240. The number of ether oxygens (including phenoxy) is 2. The van der Waals surface area contributed by atoms with Crippen molar-refractivity contribution in [1.29, 1.82) is 0 Å². The van der Waals surface area contributed by atoms with Crippen LogP contribution in [0.3, 0.4) is 0 Å². The Morgan fingerprint density at radius 2 is 1.90 bits per heavy atom. The lowest BCUT2D eigenvalue weighted by Crippen LogP contribution is -2.44. The van der Waals surface area contributed by atoms with Gasteiger partial charge in [0.15, 0.2) is 5.96 Å². The zero-order valence-corrected chi connectivity index (χ0v) is 18.8. The average Bonchev–Trinajstić information content (AvgIpc) is 2.74. The summed E-state index contributed by atoms with van der Waals surface area (Å²) in [6.45, 7) is 4.73. The fourth-order valence-corrected chi connectivity index (χ4v) is 3.79. The van der Waals surface area contributed by atoms with Crippen molar-refractivity contribution in [3.8, 4) is 5.75 Å². The van der Waals surface area contributed by atoms with Crippen LogP contribution in [-0.4, -0.2) is 49.8 Å². The molecule has 0 saturated carbocycles. The van der Waals surface area contributed by atoms with E-state index in [1.165, 1.54) is 5.56 Å². The molecule has 0 spiro atoms. The molecule has 1 saturated heterocycles. The molecule has 2 aromatic carbocycles. The molecule has 2 unspecified atom stereocenters. The number of para-hydroxylation sites is 1. The molecule has 3 N–H and O–H groups in total. The van der Waals surface area contributed by atoms with Gasteiger partial charge in [-0.2, -0.15) is 0 Å². The van der Waals surface area contributed by atoms with Crippen LogP contribution in [0.5, 0.6) is 5.75 Å². The molecular weight excluding hydrogens is 479 g/mol. The SMILES string of the molecule is I.NC(=NCC1CN(Cc2ccccc2)CCO1)NC1CCOc2ccccc21. The zero-order chi connectivity index (χ0) is 19.2. The fourth-order valence-electron chi connectivity index (χ4n) is 3.79. The summed E-state index contributed by atoms with van der Waals surface area (Å²) in [5, 5.41) is 3.34. The van der Waals surface area contributed by atoms with Gasteiger partial charge < -0.3 is 20.5 Å². The van der Waals surface area contributed by atoms with Crippen LogP contribution in [0.15, 0.2) is 59.6 Å². The Morgan fingerprint density at radius 1 is 1.10 bits per heavy atom. The van der Waals surface area contributed by atoms with Crippen molar-refractivity contribution in [1.82, 2.24) is 10.2 Å². The lowest BCUT2D eigenvalue weighted by atomic mass is 10.0. The molecule has 2 atom stereocenters. The number of morpholine rings is 1. The van der Waals surface area contributed by atoms with Crippen molar-refractivity contribution in [3.63, 3.8) is 0 Å². The van der Waals surface area contributed by atoms with E-state index in [2.05, 4.69) is 45.5 Å². The van der Waals surface area contributed by atoms with E-state index in [0.717, 1.165) is 44.0 Å². The van der Waals surface area contributed by atoms with Gasteiger partial charge in [0.2, 0.25) is 0 Å². The number of rotatable bonds is 5. The molecule has 2 aliphatic rings. The number of nitrogens with two attached hydrogens (primary N) is 1. The van der Waals surface area contributed by atoms with Gasteiger partial charge >= 0.3 is 0 Å². The van der Waals surface area contributed by atoms with Crippen molar-refractivity contribution >= 4 is 29.9 Å². The molecule has 6 nitrogen and oxygen atoms in total. The fraction of sp³-hybridized carbons (Fsp3) is 0.409. The van der Waals surface area contributed by atoms with E-state index in [1.54, 1.807) is 0 Å². The molecule has 29 heavy (non-hydrogen) atoms. The summed E-state index contributed by atoms with van der Waals surface area (Å²) in [4.78, 5) is 6.96. The van der Waals surface area contributed by atoms with E-state index in [4.69, 9.17) is 15.2 Å². The summed E-state index contributed by atoms with van der Waals surface area (Å²) < 4.78 is 11.6. The summed E-state index contributed by atoms with van der Waals surface area (Å²) in [5.41, 5.74) is 8.63. The Bertz CT molecular complexity index is 802. The minimum absolute atomic E-state index is 0. The van der Waals surface area contributed by atoms with Crippen LogP contribution in [0.25, 0.3) is 0 Å². The Labute approximate surface area is 189 Å². The third kappa shape index (κ3) is 6.07. The summed E-state index contributed by atoms with van der Waals surface area (Å²) in [6, 6.07) is 18.7. The number of nitrogens with zero attached hydrogens (tertiary/aromatic N) is 2. The Morgan fingerprint density at radius 3 is 2.76 bits per heavy atom. The predicted octanol–water partition coefficient (Wildman–Crippen LogP) is 2.93. The molecule has 7 heteroatoms. The minimum atomic E-state index is 0. The number of benzene rings is 2. The average molecular weight is 508 g/mol. The van der Waals surface area contributed by atoms with Crippen molar-refractivity contribution in [3.05, 3.63) is 65.7 Å². The molecule has 0 aromatic heterocycles. The first-order chi connectivity index (χ1) is 13.8. The van der Waals surface area contributed by atoms with E-state index < -0.39 is 0 Å². The van der Waals surface area contributed by atoms with Gasteiger partial charge in [-0.3, -0.25) is 9.89 Å². The van der Waals surface area contributed by atoms with Crippen molar-refractivity contribution < 1.29 is 9.47 Å². The summed E-state index contributed by atoms with van der Waals surface area (Å²) in [6.07, 6.45) is 0.942. The lowest BCUT2D eigenvalue weighted by Gasteiger charge is -2.32. The first kappa shape index (κ1) is 21.9. The van der Waals surface area contributed by atoms with Crippen LogP contribution in [0, 0.1) is 0 Å². The summed E-state index contributed by atoms with van der Waals surface area (Å²) in [5.74, 6) is 1.39. The molecule has 156 valence electrons. The lowest BCUT2D eigenvalue weighted by molar-refractivity contribution is -0.0258. The number of hydrogen-bond donors (Lipinski definition) is 2. The second kappa shape index (κ2) is 10.8. The highest BCUT2D eigenvalue weighted by molar-refractivity contribution is 14.0. The van der Waals surface area contributed by atoms with Gasteiger partial charge in [0, 0.05) is 31.6 Å². The van der Waals surface area contributed by atoms with Crippen LogP contribution < -0.4 is 15.8 Å². The normalized spacial score (nSPS) is 22.1. The zero-order valence-electron chi connectivity index (χ0n) is 16.5. The molecule has 0 aliphatic carbocycles. The third-order valence-electron chi connectivity index (χ3n) is 5.22. The molecule has 2 heterocycles. The van der Waals surface area contributed by atoms with Gasteiger partial charge in [0.05, 0.1) is 31.9 Å². The number of aliphatic imine (C=N–C) groups is 1. The summed E-state index contributed by atoms with van der Waals surface area (Å²) in [7, 11) is 0. The molecule has 0 amide bonds. The smallest absolute Gasteiger partial charge is 0.189 e. The quantitative estimate of drug-likeness (QED) is 0.369. The van der Waals surface area contributed by atoms with Gasteiger partial charge in [-0.05, 0) is 11.6 Å². The number of nitrogens with one attached hydrogen (secondary N) is 1. The number of hydrogen-bond acceptors (Lipinski definition) is 4. The topological polar surface area (TPSA) is 72.1 Å². The molecule has 0 radical (unpaired) electrons. The van der Waals surface area contributed by atoms with E-state index in [-0.39, 0.29) is 36.1 Å². The van der Waals surface area contributed by atoms with E-state index in [1.807, 2.05) is 24.3 Å². The van der Waals surface area contributed by atoms with E-state index >= 15 is 0 Å². The van der Waals surface area contributed by atoms with Gasteiger partial charge in [-0.15, -0.1) is 24.0 Å². The molecule has 0 bridgehead atoms. The van der Waals surface area contributed by atoms with Crippen molar-refractivity contribution in [2.75, 3.05) is 32.8 Å². The maximum Gasteiger partial charge on any atom is 0.189 e. The maximum absolute atomic E-state index is 6.17. The van der Waals surface area contributed by atoms with Crippen LogP contribution >= 0.6 is 24.0 Å². The van der Waals surface area contributed by atoms with Crippen molar-refractivity contribution in [2.24, 2.45) is 10.7 Å². The minimum Gasteiger partial charge on any atom is -0.493 e.